The van der Waals surface area contributed by atoms with Crippen molar-refractivity contribution in [3.05, 3.63) is 11.9 Å². The third-order valence-electron chi connectivity index (χ3n) is 4.79. The summed E-state index contributed by atoms with van der Waals surface area (Å²) in [6.07, 6.45) is 4.24. The van der Waals surface area contributed by atoms with Crippen LogP contribution in [0.15, 0.2) is 6.33 Å². The molecule has 0 aliphatic carbocycles. The molecule has 1 aromatic heterocycles. The van der Waals surface area contributed by atoms with Gasteiger partial charge in [-0.3, -0.25) is 4.90 Å². The standard InChI is InChI=1S/C15H26N6/c1-10(2)13-14(19-16)17-9-18-15(13)21-8-12-5-4-6-20(12)7-11(21)3/h9-12H,4-8,16H2,1-3H3,(H,17,18,19). The summed E-state index contributed by atoms with van der Waals surface area (Å²) in [5.41, 5.74) is 3.85. The molecule has 0 spiro atoms. The van der Waals surface area contributed by atoms with Gasteiger partial charge in [-0.25, -0.2) is 15.8 Å². The Morgan fingerprint density at radius 2 is 2.14 bits per heavy atom. The Kier molecular flexibility index (Phi) is 3.99. The lowest BCUT2D eigenvalue weighted by atomic mass is 10.0. The molecule has 6 heteroatoms. The summed E-state index contributed by atoms with van der Waals surface area (Å²) in [7, 11) is 0. The lowest BCUT2D eigenvalue weighted by Crippen LogP contribution is -2.55. The Balaban J connectivity index is 1.95. The summed E-state index contributed by atoms with van der Waals surface area (Å²) in [6.45, 7) is 10.0. The van der Waals surface area contributed by atoms with E-state index in [2.05, 4.69) is 46.0 Å². The van der Waals surface area contributed by atoms with Crippen LogP contribution in [0.5, 0.6) is 0 Å². The van der Waals surface area contributed by atoms with E-state index in [-0.39, 0.29) is 0 Å². The zero-order chi connectivity index (χ0) is 15.0. The van der Waals surface area contributed by atoms with E-state index in [9.17, 15) is 0 Å². The van der Waals surface area contributed by atoms with Gasteiger partial charge in [0.15, 0.2) is 0 Å². The summed E-state index contributed by atoms with van der Waals surface area (Å²) in [5, 5.41) is 0. The first-order valence-electron chi connectivity index (χ1n) is 7.94. The summed E-state index contributed by atoms with van der Waals surface area (Å²) >= 11 is 0. The van der Waals surface area contributed by atoms with Gasteiger partial charge in [0.25, 0.3) is 0 Å². The molecule has 21 heavy (non-hydrogen) atoms. The summed E-state index contributed by atoms with van der Waals surface area (Å²) < 4.78 is 0. The van der Waals surface area contributed by atoms with Crippen LogP contribution in [0.2, 0.25) is 0 Å². The molecule has 116 valence electrons. The van der Waals surface area contributed by atoms with Crippen molar-refractivity contribution in [1.29, 1.82) is 0 Å². The summed E-state index contributed by atoms with van der Waals surface area (Å²) in [4.78, 5) is 14.0. The van der Waals surface area contributed by atoms with Crippen molar-refractivity contribution in [1.82, 2.24) is 14.9 Å². The topological polar surface area (TPSA) is 70.3 Å². The average molecular weight is 290 g/mol. The fourth-order valence-corrected chi connectivity index (χ4v) is 3.74. The lowest BCUT2D eigenvalue weighted by molar-refractivity contribution is 0.202. The van der Waals surface area contributed by atoms with Gasteiger partial charge in [-0.1, -0.05) is 13.8 Å². The highest BCUT2D eigenvalue weighted by Crippen LogP contribution is 2.34. The number of fused-ring (bicyclic) bond motifs is 1. The molecule has 3 heterocycles. The smallest absolute Gasteiger partial charge is 0.148 e. The second kappa shape index (κ2) is 5.77. The van der Waals surface area contributed by atoms with Crippen LogP contribution in [0.3, 0.4) is 0 Å². The van der Waals surface area contributed by atoms with Gasteiger partial charge in [0.1, 0.15) is 18.0 Å². The average Bonchev–Trinajstić information content (AvgIpc) is 2.92. The Hall–Kier alpha value is -1.40. The monoisotopic (exact) mass is 290 g/mol. The molecule has 0 saturated carbocycles. The number of rotatable bonds is 3. The minimum atomic E-state index is 0.334. The first-order valence-corrected chi connectivity index (χ1v) is 7.94. The molecular formula is C15H26N6. The van der Waals surface area contributed by atoms with Crippen LogP contribution in [0.1, 0.15) is 45.1 Å². The van der Waals surface area contributed by atoms with Crippen molar-refractivity contribution in [3.63, 3.8) is 0 Å². The first-order chi connectivity index (χ1) is 10.1. The van der Waals surface area contributed by atoms with E-state index in [1.807, 2.05) is 0 Å². The van der Waals surface area contributed by atoms with Crippen LogP contribution < -0.4 is 16.2 Å². The molecule has 2 fully saturated rings. The molecule has 3 N–H and O–H groups in total. The van der Waals surface area contributed by atoms with Crippen LogP contribution in [-0.2, 0) is 0 Å². The number of nitrogens with one attached hydrogen (secondary N) is 1. The van der Waals surface area contributed by atoms with E-state index in [0.29, 0.717) is 18.0 Å². The highest BCUT2D eigenvalue weighted by molar-refractivity contribution is 5.60. The number of nitrogens with zero attached hydrogens (tertiary/aromatic N) is 4. The normalized spacial score (nSPS) is 26.2. The Labute approximate surface area is 126 Å². The summed E-state index contributed by atoms with van der Waals surface area (Å²) in [5.74, 6) is 7.77. The molecule has 2 aliphatic rings. The third-order valence-corrected chi connectivity index (χ3v) is 4.79. The Morgan fingerprint density at radius 3 is 2.86 bits per heavy atom. The molecule has 0 amide bonds. The first kappa shape index (κ1) is 14.5. The molecule has 0 radical (unpaired) electrons. The Bertz CT molecular complexity index is 503. The predicted octanol–water partition coefficient (Wildman–Crippen LogP) is 1.56. The van der Waals surface area contributed by atoms with E-state index in [4.69, 9.17) is 5.84 Å². The maximum Gasteiger partial charge on any atom is 0.148 e. The van der Waals surface area contributed by atoms with Crippen LogP contribution in [0, 0.1) is 0 Å². The van der Waals surface area contributed by atoms with Crippen molar-refractivity contribution in [3.8, 4) is 0 Å². The molecule has 2 unspecified atom stereocenters. The molecule has 3 rings (SSSR count). The minimum Gasteiger partial charge on any atom is -0.351 e. The number of anilines is 2. The number of piperazine rings is 1. The maximum atomic E-state index is 5.64. The molecule has 2 atom stereocenters. The van der Waals surface area contributed by atoms with Crippen LogP contribution >= 0.6 is 0 Å². The molecule has 0 bridgehead atoms. The lowest BCUT2D eigenvalue weighted by Gasteiger charge is -2.43. The summed E-state index contributed by atoms with van der Waals surface area (Å²) in [6, 6.07) is 1.14. The second-order valence-corrected chi connectivity index (χ2v) is 6.55. The van der Waals surface area contributed by atoms with Crippen LogP contribution in [-0.4, -0.2) is 46.6 Å². The molecular weight excluding hydrogens is 264 g/mol. The van der Waals surface area contributed by atoms with Crippen molar-refractivity contribution >= 4 is 11.6 Å². The molecule has 2 aliphatic heterocycles. The van der Waals surface area contributed by atoms with E-state index >= 15 is 0 Å². The van der Waals surface area contributed by atoms with E-state index < -0.39 is 0 Å². The fraction of sp³-hybridized carbons (Fsp3) is 0.733. The third kappa shape index (κ3) is 2.58. The zero-order valence-corrected chi connectivity index (χ0v) is 13.2. The van der Waals surface area contributed by atoms with E-state index in [1.165, 1.54) is 19.4 Å². The van der Waals surface area contributed by atoms with Gasteiger partial charge in [-0.05, 0) is 32.2 Å². The van der Waals surface area contributed by atoms with Crippen molar-refractivity contribution in [2.45, 2.75) is 51.6 Å². The number of hydrazine groups is 1. The van der Waals surface area contributed by atoms with Gasteiger partial charge < -0.3 is 10.3 Å². The highest BCUT2D eigenvalue weighted by Gasteiger charge is 2.36. The van der Waals surface area contributed by atoms with Gasteiger partial charge >= 0.3 is 0 Å². The highest BCUT2D eigenvalue weighted by atomic mass is 15.3. The second-order valence-electron chi connectivity index (χ2n) is 6.55. The number of hydrogen-bond acceptors (Lipinski definition) is 6. The zero-order valence-electron chi connectivity index (χ0n) is 13.2. The predicted molar refractivity (Wildman–Crippen MR) is 85.3 cm³/mol. The van der Waals surface area contributed by atoms with Crippen molar-refractivity contribution < 1.29 is 0 Å². The van der Waals surface area contributed by atoms with Gasteiger partial charge in [-0.2, -0.15) is 0 Å². The van der Waals surface area contributed by atoms with Crippen LogP contribution in [0.25, 0.3) is 0 Å². The van der Waals surface area contributed by atoms with Gasteiger partial charge in [0, 0.05) is 30.7 Å². The SMILES string of the molecule is CC(C)c1c(NN)ncnc1N1CC2CCCN2CC1C. The molecule has 6 nitrogen and oxygen atoms in total. The van der Waals surface area contributed by atoms with Crippen LogP contribution in [0.4, 0.5) is 11.6 Å². The maximum absolute atomic E-state index is 5.64. The van der Waals surface area contributed by atoms with Gasteiger partial charge in [0.05, 0.1) is 0 Å². The van der Waals surface area contributed by atoms with E-state index in [0.717, 1.165) is 30.3 Å². The quantitative estimate of drug-likeness (QED) is 0.650. The fourth-order valence-electron chi connectivity index (χ4n) is 3.74. The van der Waals surface area contributed by atoms with Gasteiger partial charge in [0.2, 0.25) is 0 Å². The van der Waals surface area contributed by atoms with E-state index in [1.54, 1.807) is 6.33 Å². The molecule has 2 saturated heterocycles. The van der Waals surface area contributed by atoms with Gasteiger partial charge in [-0.15, -0.1) is 0 Å². The number of nitrogen functional groups attached to an aromatic ring is 1. The number of aromatic nitrogens is 2. The minimum absolute atomic E-state index is 0.334. The Morgan fingerprint density at radius 1 is 1.33 bits per heavy atom. The molecule has 1 aromatic rings. The molecule has 0 aromatic carbocycles. The largest absolute Gasteiger partial charge is 0.351 e. The van der Waals surface area contributed by atoms with Crippen molar-refractivity contribution in [2.75, 3.05) is 30.0 Å². The van der Waals surface area contributed by atoms with Crippen molar-refractivity contribution in [2.24, 2.45) is 5.84 Å². The number of hydrogen-bond donors (Lipinski definition) is 2. The number of nitrogens with two attached hydrogens (primary N) is 1.